The second kappa shape index (κ2) is 13.2. The Balaban J connectivity index is 0.00000178. The lowest BCUT2D eigenvalue weighted by molar-refractivity contribution is 0.0699. The maximum absolute atomic E-state index is 14.2. The summed E-state index contributed by atoms with van der Waals surface area (Å²) in [5, 5.41) is 10.2. The number of hydrogen-bond donors (Lipinski definition) is 2. The number of carbonyl (C=O) groups is 1. The van der Waals surface area contributed by atoms with Gasteiger partial charge in [0.2, 0.25) is 0 Å². The molecule has 0 bridgehead atoms. The number of nitrogens with zero attached hydrogens (tertiary/aromatic N) is 3. The number of carboxylic acids is 1. The summed E-state index contributed by atoms with van der Waals surface area (Å²) >= 11 is 0. The van der Waals surface area contributed by atoms with E-state index in [1.54, 1.807) is 48.5 Å². The fraction of sp³-hybridized carbons (Fsp3) is 0.154. The summed E-state index contributed by atoms with van der Waals surface area (Å²) in [5.41, 5.74) is 1.23. The van der Waals surface area contributed by atoms with Crippen LogP contribution in [0, 0.1) is 5.82 Å². The van der Waals surface area contributed by atoms with Gasteiger partial charge in [0.25, 0.3) is 10.0 Å². The fourth-order valence-electron chi connectivity index (χ4n) is 4.31. The number of nitrogens with one attached hydrogen (secondary N) is 1. The van der Waals surface area contributed by atoms with Crippen molar-refractivity contribution in [3.63, 3.8) is 0 Å². The molecule has 1 aliphatic rings. The number of halogens is 4. The molecule has 0 amide bonds. The van der Waals surface area contributed by atoms with Gasteiger partial charge in [0.1, 0.15) is 11.6 Å². The van der Waals surface area contributed by atoms with Gasteiger partial charge >= 0.3 is 5.97 Å². The number of carboxylic acid groups (broad SMARTS) is 1. The van der Waals surface area contributed by atoms with Crippen LogP contribution in [-0.2, 0) is 10.0 Å². The van der Waals surface area contributed by atoms with Gasteiger partial charge < -0.3 is 14.9 Å². The lowest BCUT2D eigenvalue weighted by Gasteiger charge is -2.37. The van der Waals surface area contributed by atoms with Gasteiger partial charge in [-0.3, -0.25) is 4.72 Å². The highest BCUT2D eigenvalue weighted by Gasteiger charge is 2.23. The Morgan fingerprint density at radius 2 is 1.46 bits per heavy atom. The third-order valence-corrected chi connectivity index (χ3v) is 7.53. The summed E-state index contributed by atoms with van der Waals surface area (Å²) in [6, 6.07) is 20.7. The van der Waals surface area contributed by atoms with Crippen molar-refractivity contribution >= 4 is 81.3 Å². The average molecular weight is 616 g/mol. The van der Waals surface area contributed by atoms with Crippen LogP contribution in [0.1, 0.15) is 10.4 Å². The molecule has 5 rings (SSSR count). The average Bonchev–Trinajstić information content (AvgIpc) is 2.89. The second-order valence-electron chi connectivity index (χ2n) is 8.41. The Hall–Kier alpha value is -3.31. The van der Waals surface area contributed by atoms with Gasteiger partial charge in [-0.2, -0.15) is 0 Å². The van der Waals surface area contributed by atoms with Crippen LogP contribution in [-0.4, -0.2) is 50.7 Å². The van der Waals surface area contributed by atoms with E-state index in [0.29, 0.717) is 48.6 Å². The molecular weight excluding hydrogens is 590 g/mol. The van der Waals surface area contributed by atoms with Crippen LogP contribution >= 0.6 is 37.2 Å². The molecule has 2 N–H and O–H groups in total. The van der Waals surface area contributed by atoms with E-state index in [-0.39, 0.29) is 59.2 Å². The molecule has 0 saturated carbocycles. The summed E-state index contributed by atoms with van der Waals surface area (Å²) in [7, 11) is -3.83. The molecule has 208 valence electrons. The monoisotopic (exact) mass is 614 g/mol. The molecule has 1 aromatic heterocycles. The molecule has 1 saturated heterocycles. The molecular formula is C26H26Cl3FN4O4S. The van der Waals surface area contributed by atoms with Crippen molar-refractivity contribution in [2.45, 2.75) is 4.90 Å². The largest absolute Gasteiger partial charge is 0.478 e. The molecule has 0 spiro atoms. The number of benzene rings is 3. The minimum atomic E-state index is -3.83. The first kappa shape index (κ1) is 31.9. The molecule has 13 heteroatoms. The summed E-state index contributed by atoms with van der Waals surface area (Å²) in [6.45, 7) is 2.20. The van der Waals surface area contributed by atoms with E-state index in [1.807, 2.05) is 9.80 Å². The number of rotatable bonds is 6. The van der Waals surface area contributed by atoms with Gasteiger partial charge in [-0.1, -0.05) is 30.3 Å². The van der Waals surface area contributed by atoms with Gasteiger partial charge in [0.05, 0.1) is 21.7 Å². The molecule has 0 atom stereocenters. The van der Waals surface area contributed by atoms with Crippen LogP contribution in [0.4, 0.5) is 21.6 Å². The first-order chi connectivity index (χ1) is 17.3. The number of aromatic nitrogens is 1. The summed E-state index contributed by atoms with van der Waals surface area (Å²) in [5.74, 6) is -0.913. The van der Waals surface area contributed by atoms with Gasteiger partial charge in [0.15, 0.2) is 0 Å². The van der Waals surface area contributed by atoms with Crippen molar-refractivity contribution < 1.29 is 22.7 Å². The first-order valence-electron chi connectivity index (χ1n) is 11.3. The minimum Gasteiger partial charge on any atom is -0.478 e. The number of para-hydroxylation sites is 1. The van der Waals surface area contributed by atoms with E-state index in [9.17, 15) is 22.7 Å². The predicted molar refractivity (Wildman–Crippen MR) is 159 cm³/mol. The Bertz CT molecular complexity index is 1550. The smallest absolute Gasteiger partial charge is 0.336 e. The van der Waals surface area contributed by atoms with Crippen molar-refractivity contribution in [2.75, 3.05) is 40.7 Å². The quantitative estimate of drug-likeness (QED) is 0.297. The zero-order chi connectivity index (χ0) is 25.3. The number of fused-ring (bicyclic) bond motifs is 1. The number of piperazine rings is 1. The van der Waals surface area contributed by atoms with E-state index < -0.39 is 16.0 Å². The highest BCUT2D eigenvalue weighted by molar-refractivity contribution is 7.92. The number of hydrogen-bond acceptors (Lipinski definition) is 6. The van der Waals surface area contributed by atoms with Gasteiger partial charge in [-0.15, -0.1) is 37.2 Å². The Kier molecular flexibility index (Phi) is 10.8. The van der Waals surface area contributed by atoms with Crippen LogP contribution in [0.25, 0.3) is 10.9 Å². The number of aromatic carboxylic acids is 1. The maximum atomic E-state index is 14.2. The molecule has 3 aromatic carbocycles. The zero-order valence-electron chi connectivity index (χ0n) is 20.4. The van der Waals surface area contributed by atoms with Crippen LogP contribution < -0.4 is 14.5 Å². The third-order valence-electron chi connectivity index (χ3n) is 6.13. The molecule has 1 aliphatic heterocycles. The third kappa shape index (κ3) is 6.83. The van der Waals surface area contributed by atoms with Crippen LogP contribution in [0.15, 0.2) is 83.8 Å². The number of anilines is 3. The molecule has 8 nitrogen and oxygen atoms in total. The summed E-state index contributed by atoms with van der Waals surface area (Å²) in [4.78, 5) is 20.8. The van der Waals surface area contributed by atoms with Crippen molar-refractivity contribution in [3.8, 4) is 0 Å². The summed E-state index contributed by atoms with van der Waals surface area (Å²) < 4.78 is 42.0. The van der Waals surface area contributed by atoms with Crippen LogP contribution in [0.3, 0.4) is 0 Å². The zero-order valence-corrected chi connectivity index (χ0v) is 23.6. The van der Waals surface area contributed by atoms with E-state index in [2.05, 4.69) is 9.71 Å². The SMILES string of the molecule is Cl.Cl.Cl.O=C(O)c1cc(N2CCN(c3ccccc3F)CC2)nc2ccc(NS(=O)(=O)c3ccccc3)cc12. The summed E-state index contributed by atoms with van der Waals surface area (Å²) in [6.07, 6.45) is 0. The van der Waals surface area contributed by atoms with Crippen molar-refractivity contribution in [3.05, 3.63) is 90.2 Å². The lowest BCUT2D eigenvalue weighted by atomic mass is 10.1. The fourth-order valence-corrected chi connectivity index (χ4v) is 5.38. The van der Waals surface area contributed by atoms with Crippen LogP contribution in [0.5, 0.6) is 0 Å². The van der Waals surface area contributed by atoms with Gasteiger partial charge in [-0.25, -0.2) is 22.6 Å². The molecule has 2 heterocycles. The highest BCUT2D eigenvalue weighted by Crippen LogP contribution is 2.28. The lowest BCUT2D eigenvalue weighted by Crippen LogP contribution is -2.47. The Morgan fingerprint density at radius 3 is 2.10 bits per heavy atom. The van der Waals surface area contributed by atoms with E-state index in [4.69, 9.17) is 0 Å². The molecule has 39 heavy (non-hydrogen) atoms. The Labute approximate surface area is 244 Å². The van der Waals surface area contributed by atoms with Crippen molar-refractivity contribution in [2.24, 2.45) is 0 Å². The number of pyridine rings is 1. The minimum absolute atomic E-state index is 0. The first-order valence-corrected chi connectivity index (χ1v) is 12.8. The maximum Gasteiger partial charge on any atom is 0.336 e. The van der Waals surface area contributed by atoms with Crippen molar-refractivity contribution in [1.29, 1.82) is 0 Å². The second-order valence-corrected chi connectivity index (χ2v) is 10.1. The van der Waals surface area contributed by atoms with E-state index >= 15 is 0 Å². The van der Waals surface area contributed by atoms with Gasteiger partial charge in [-0.05, 0) is 48.5 Å². The van der Waals surface area contributed by atoms with Crippen molar-refractivity contribution in [1.82, 2.24) is 4.98 Å². The van der Waals surface area contributed by atoms with Gasteiger partial charge in [0, 0.05) is 37.3 Å². The number of sulfonamides is 1. The predicted octanol–water partition coefficient (Wildman–Crippen LogP) is 5.46. The molecule has 0 aliphatic carbocycles. The highest BCUT2D eigenvalue weighted by atomic mass is 35.5. The molecule has 0 unspecified atom stereocenters. The van der Waals surface area contributed by atoms with E-state index in [0.717, 1.165) is 0 Å². The normalized spacial score (nSPS) is 13.1. The topological polar surface area (TPSA) is 103 Å². The standard InChI is InChI=1S/C26H23FN4O4S.3ClH/c27-22-8-4-5-9-24(22)30-12-14-31(15-13-30)25-17-21(26(32)33)20-16-18(10-11-23(20)28-25)29-36(34,35)19-6-2-1-3-7-19;;;/h1-11,16-17,29H,12-15H2,(H,32,33);3*1H. The molecule has 4 aromatic rings. The molecule has 0 radical (unpaired) electrons. The van der Waals surface area contributed by atoms with Crippen LogP contribution in [0.2, 0.25) is 0 Å². The van der Waals surface area contributed by atoms with E-state index in [1.165, 1.54) is 30.3 Å². The Morgan fingerprint density at radius 1 is 0.846 bits per heavy atom. The molecule has 1 fully saturated rings.